The highest BCUT2D eigenvalue weighted by atomic mass is 16.5. The van der Waals surface area contributed by atoms with Gasteiger partial charge < -0.3 is 14.4 Å². The van der Waals surface area contributed by atoms with Crippen LogP contribution in [0.15, 0.2) is 47.2 Å². The fraction of sp³-hybridized carbons (Fsp3) is 0.273. The van der Waals surface area contributed by atoms with E-state index in [0.29, 0.717) is 23.3 Å². The number of nitrogens with one attached hydrogen (secondary N) is 1. The van der Waals surface area contributed by atoms with Gasteiger partial charge in [-0.25, -0.2) is 4.98 Å². The first-order chi connectivity index (χ1) is 14.2. The van der Waals surface area contributed by atoms with Crippen molar-refractivity contribution in [2.24, 2.45) is 0 Å². The first kappa shape index (κ1) is 17.4. The molecular formula is C22H20N6O. The van der Waals surface area contributed by atoms with E-state index in [1.165, 1.54) is 6.42 Å². The van der Waals surface area contributed by atoms with Crippen LogP contribution in [0.2, 0.25) is 0 Å². The Morgan fingerprint density at radius 3 is 2.93 bits per heavy atom. The summed E-state index contributed by atoms with van der Waals surface area (Å²) in [6.07, 6.45) is 5.21. The largest absolute Gasteiger partial charge is 0.368 e. The zero-order valence-electron chi connectivity index (χ0n) is 16.1. The third-order valence-electron chi connectivity index (χ3n) is 5.58. The molecule has 0 aliphatic carbocycles. The molecule has 7 nitrogen and oxygen atoms in total. The van der Waals surface area contributed by atoms with E-state index in [2.05, 4.69) is 38.0 Å². The van der Waals surface area contributed by atoms with E-state index in [1.807, 2.05) is 36.4 Å². The molecular weight excluding hydrogens is 364 g/mol. The van der Waals surface area contributed by atoms with Gasteiger partial charge in [0.2, 0.25) is 5.82 Å². The van der Waals surface area contributed by atoms with Crippen LogP contribution in [-0.4, -0.2) is 32.7 Å². The van der Waals surface area contributed by atoms with Crippen LogP contribution in [-0.2, 0) is 0 Å². The molecule has 0 amide bonds. The van der Waals surface area contributed by atoms with Gasteiger partial charge in [0.25, 0.3) is 5.89 Å². The Morgan fingerprint density at radius 1 is 1.17 bits per heavy atom. The van der Waals surface area contributed by atoms with Crippen molar-refractivity contribution in [1.82, 2.24) is 20.1 Å². The number of hydrogen-bond donors (Lipinski definition) is 1. The fourth-order valence-corrected chi connectivity index (χ4v) is 3.99. The molecule has 1 aliphatic rings. The molecule has 1 N–H and O–H groups in total. The van der Waals surface area contributed by atoms with Crippen LogP contribution >= 0.6 is 0 Å². The third-order valence-corrected chi connectivity index (χ3v) is 5.58. The number of H-pyrrole nitrogens is 1. The van der Waals surface area contributed by atoms with Gasteiger partial charge in [-0.15, -0.1) is 0 Å². The van der Waals surface area contributed by atoms with Gasteiger partial charge in [-0.05, 0) is 62.6 Å². The number of aromatic amines is 1. The first-order valence-corrected chi connectivity index (χ1v) is 9.81. The molecule has 3 heterocycles. The molecule has 0 bridgehead atoms. The number of hydrogen-bond acceptors (Lipinski definition) is 6. The molecule has 4 aromatic rings. The molecule has 0 spiro atoms. The molecule has 144 valence electrons. The molecule has 29 heavy (non-hydrogen) atoms. The van der Waals surface area contributed by atoms with E-state index >= 15 is 0 Å². The summed E-state index contributed by atoms with van der Waals surface area (Å²) in [5, 5.41) is 13.8. The van der Waals surface area contributed by atoms with Crippen LogP contribution in [0.25, 0.3) is 33.9 Å². The molecule has 1 fully saturated rings. The SMILES string of the molecule is CC1CCCCN1c1ccc(-c2nc(-c3ccc4[nH]cnc4c3)no2)cc1C#N. The molecule has 7 heteroatoms. The number of benzene rings is 2. The highest BCUT2D eigenvalue weighted by Crippen LogP contribution is 2.31. The molecule has 2 aromatic heterocycles. The van der Waals surface area contributed by atoms with Crippen molar-refractivity contribution in [2.45, 2.75) is 32.2 Å². The fourth-order valence-electron chi connectivity index (χ4n) is 3.99. The number of anilines is 1. The van der Waals surface area contributed by atoms with E-state index < -0.39 is 0 Å². The predicted molar refractivity (Wildman–Crippen MR) is 110 cm³/mol. The van der Waals surface area contributed by atoms with Gasteiger partial charge in [0.15, 0.2) is 0 Å². The Hall–Kier alpha value is -3.66. The van der Waals surface area contributed by atoms with E-state index in [1.54, 1.807) is 6.33 Å². The number of rotatable bonds is 3. The van der Waals surface area contributed by atoms with Crippen LogP contribution in [0.1, 0.15) is 31.7 Å². The minimum absolute atomic E-state index is 0.400. The van der Waals surface area contributed by atoms with Crippen molar-refractivity contribution >= 4 is 16.7 Å². The maximum atomic E-state index is 9.72. The molecule has 0 radical (unpaired) electrons. The predicted octanol–water partition coefficient (Wildman–Crippen LogP) is 4.53. The molecule has 0 saturated carbocycles. The number of imidazole rings is 1. The van der Waals surface area contributed by atoms with Crippen LogP contribution < -0.4 is 4.90 Å². The van der Waals surface area contributed by atoms with Crippen molar-refractivity contribution in [3.8, 4) is 28.9 Å². The number of nitrogens with zero attached hydrogens (tertiary/aromatic N) is 5. The Labute approximate surface area is 168 Å². The zero-order valence-corrected chi connectivity index (χ0v) is 16.1. The summed E-state index contributed by atoms with van der Waals surface area (Å²) in [7, 11) is 0. The highest BCUT2D eigenvalue weighted by Gasteiger charge is 2.22. The quantitative estimate of drug-likeness (QED) is 0.558. The van der Waals surface area contributed by atoms with E-state index in [0.717, 1.165) is 47.2 Å². The van der Waals surface area contributed by atoms with Crippen LogP contribution in [0.3, 0.4) is 0 Å². The minimum Gasteiger partial charge on any atom is -0.368 e. The second kappa shape index (κ2) is 7.06. The Balaban J connectivity index is 1.47. The molecule has 1 unspecified atom stereocenters. The normalized spacial score (nSPS) is 16.8. The molecule has 5 rings (SSSR count). The molecule has 1 saturated heterocycles. The standard InChI is InChI=1S/C22H20N6O/c1-14-4-2-3-9-28(14)20-8-6-16(10-17(20)12-23)22-26-21(27-29-22)15-5-7-18-19(11-15)25-13-24-18/h5-8,10-11,13-14H,2-4,9H2,1H3,(H,24,25). The lowest BCUT2D eigenvalue weighted by Crippen LogP contribution is -2.37. The summed E-state index contributed by atoms with van der Waals surface area (Å²) in [5.74, 6) is 0.897. The lowest BCUT2D eigenvalue weighted by atomic mass is 10.0. The summed E-state index contributed by atoms with van der Waals surface area (Å²) in [5.41, 5.74) is 4.99. The zero-order chi connectivity index (χ0) is 19.8. The van der Waals surface area contributed by atoms with Crippen LogP contribution in [0.5, 0.6) is 0 Å². The van der Waals surface area contributed by atoms with Gasteiger partial charge in [-0.3, -0.25) is 0 Å². The van der Waals surface area contributed by atoms with Gasteiger partial charge in [0.1, 0.15) is 6.07 Å². The average molecular weight is 384 g/mol. The summed E-state index contributed by atoms with van der Waals surface area (Å²) in [6, 6.07) is 14.3. The average Bonchev–Trinajstić information content (AvgIpc) is 3.43. The van der Waals surface area contributed by atoms with Crippen molar-refractivity contribution in [2.75, 3.05) is 11.4 Å². The van der Waals surface area contributed by atoms with E-state index in [4.69, 9.17) is 4.52 Å². The monoisotopic (exact) mass is 384 g/mol. The number of piperidine rings is 1. The maximum absolute atomic E-state index is 9.72. The second-order valence-electron chi connectivity index (χ2n) is 7.44. The molecule has 2 aromatic carbocycles. The summed E-state index contributed by atoms with van der Waals surface area (Å²) < 4.78 is 5.49. The third kappa shape index (κ3) is 3.13. The Kier molecular flexibility index (Phi) is 4.24. The Morgan fingerprint density at radius 2 is 2.07 bits per heavy atom. The van der Waals surface area contributed by atoms with E-state index in [-0.39, 0.29) is 0 Å². The van der Waals surface area contributed by atoms with E-state index in [9.17, 15) is 5.26 Å². The van der Waals surface area contributed by atoms with Crippen molar-refractivity contribution in [3.63, 3.8) is 0 Å². The number of nitriles is 1. The van der Waals surface area contributed by atoms with Crippen LogP contribution in [0, 0.1) is 11.3 Å². The summed E-state index contributed by atoms with van der Waals surface area (Å²) in [6.45, 7) is 3.20. The molecule has 1 atom stereocenters. The van der Waals surface area contributed by atoms with Gasteiger partial charge in [0.05, 0.1) is 28.6 Å². The molecule has 1 aliphatic heterocycles. The van der Waals surface area contributed by atoms with Gasteiger partial charge in [-0.1, -0.05) is 5.16 Å². The maximum Gasteiger partial charge on any atom is 0.258 e. The topological polar surface area (TPSA) is 94.6 Å². The second-order valence-corrected chi connectivity index (χ2v) is 7.44. The Bertz CT molecular complexity index is 1220. The first-order valence-electron chi connectivity index (χ1n) is 9.81. The highest BCUT2D eigenvalue weighted by molar-refractivity contribution is 5.80. The van der Waals surface area contributed by atoms with Crippen molar-refractivity contribution < 1.29 is 4.52 Å². The van der Waals surface area contributed by atoms with Gasteiger partial charge in [-0.2, -0.15) is 10.2 Å². The summed E-state index contributed by atoms with van der Waals surface area (Å²) >= 11 is 0. The number of aromatic nitrogens is 4. The van der Waals surface area contributed by atoms with Crippen molar-refractivity contribution in [3.05, 3.63) is 48.3 Å². The smallest absolute Gasteiger partial charge is 0.258 e. The lowest BCUT2D eigenvalue weighted by molar-refractivity contribution is 0.432. The van der Waals surface area contributed by atoms with Gasteiger partial charge in [0, 0.05) is 23.7 Å². The minimum atomic E-state index is 0.400. The van der Waals surface area contributed by atoms with Gasteiger partial charge >= 0.3 is 0 Å². The number of fused-ring (bicyclic) bond motifs is 1. The lowest BCUT2D eigenvalue weighted by Gasteiger charge is -2.36. The van der Waals surface area contributed by atoms with Crippen molar-refractivity contribution in [1.29, 1.82) is 5.26 Å². The summed E-state index contributed by atoms with van der Waals surface area (Å²) in [4.78, 5) is 14.2. The van der Waals surface area contributed by atoms with Crippen LogP contribution in [0.4, 0.5) is 5.69 Å².